The zero-order valence-corrected chi connectivity index (χ0v) is 12.1. The predicted molar refractivity (Wildman–Crippen MR) is 74.5 cm³/mol. The lowest BCUT2D eigenvalue weighted by atomic mass is 9.87. The van der Waals surface area contributed by atoms with Gasteiger partial charge in [0.05, 0.1) is 5.92 Å². The zero-order chi connectivity index (χ0) is 14.5. The van der Waals surface area contributed by atoms with Crippen molar-refractivity contribution in [1.29, 1.82) is 0 Å². The maximum absolute atomic E-state index is 11.0. The van der Waals surface area contributed by atoms with Crippen molar-refractivity contribution in [3.05, 3.63) is 23.3 Å². The first-order chi connectivity index (χ1) is 9.65. The topological polar surface area (TPSA) is 72.3 Å². The Morgan fingerprint density at radius 3 is 3.00 bits per heavy atom. The predicted octanol–water partition coefficient (Wildman–Crippen LogP) is 2.54. The van der Waals surface area contributed by atoms with Gasteiger partial charge < -0.3 is 9.84 Å². The second-order valence-corrected chi connectivity index (χ2v) is 5.21. The van der Waals surface area contributed by atoms with E-state index in [4.69, 9.17) is 9.84 Å². The van der Waals surface area contributed by atoms with Gasteiger partial charge in [0.2, 0.25) is 0 Å². The quantitative estimate of drug-likeness (QED) is 0.865. The molecule has 5 heteroatoms. The summed E-state index contributed by atoms with van der Waals surface area (Å²) in [5.41, 5.74) is 1.97. The van der Waals surface area contributed by atoms with Gasteiger partial charge in [-0.2, -0.15) is 0 Å². The Morgan fingerprint density at radius 1 is 1.55 bits per heavy atom. The number of hydrogen-bond donors (Lipinski definition) is 1. The van der Waals surface area contributed by atoms with E-state index in [0.29, 0.717) is 25.9 Å². The van der Waals surface area contributed by atoms with Crippen molar-refractivity contribution in [2.75, 3.05) is 6.61 Å². The van der Waals surface area contributed by atoms with Crippen molar-refractivity contribution >= 4 is 5.97 Å². The Kier molecular flexibility index (Phi) is 5.06. The van der Waals surface area contributed by atoms with Gasteiger partial charge in [-0.15, -0.1) is 0 Å². The molecule has 0 fully saturated rings. The average Bonchev–Trinajstić information content (AvgIpc) is 2.46. The molecule has 0 aromatic carbocycles. The van der Waals surface area contributed by atoms with Gasteiger partial charge in [0.15, 0.2) is 5.82 Å². The standard InChI is InChI=1S/C15H22N2O3/c1-3-5-13(20-4-2)14-16-9-11-8-10(15(18)19)6-7-12(11)17-14/h9-10,13H,3-8H2,1-2H3,(H,18,19). The third kappa shape index (κ3) is 3.33. The van der Waals surface area contributed by atoms with Gasteiger partial charge in [0.25, 0.3) is 0 Å². The molecule has 1 aromatic rings. The summed E-state index contributed by atoms with van der Waals surface area (Å²) >= 11 is 0. The first kappa shape index (κ1) is 14.9. The van der Waals surface area contributed by atoms with Crippen molar-refractivity contribution in [3.8, 4) is 0 Å². The number of hydrogen-bond acceptors (Lipinski definition) is 4. The van der Waals surface area contributed by atoms with E-state index in [9.17, 15) is 4.79 Å². The third-order valence-electron chi connectivity index (χ3n) is 3.72. The molecule has 2 unspecified atom stereocenters. The number of rotatable bonds is 6. The van der Waals surface area contributed by atoms with Crippen LogP contribution in [0.2, 0.25) is 0 Å². The summed E-state index contributed by atoms with van der Waals surface area (Å²) < 4.78 is 5.70. The van der Waals surface area contributed by atoms with Crippen LogP contribution in [0.15, 0.2) is 6.20 Å². The van der Waals surface area contributed by atoms with E-state index < -0.39 is 5.97 Å². The number of aromatic nitrogens is 2. The molecule has 0 radical (unpaired) electrons. The number of nitrogens with zero attached hydrogens (tertiary/aromatic N) is 2. The minimum Gasteiger partial charge on any atom is -0.481 e. The minimum atomic E-state index is -0.724. The summed E-state index contributed by atoms with van der Waals surface area (Å²) in [6.45, 7) is 4.73. The lowest BCUT2D eigenvalue weighted by Gasteiger charge is -2.22. The van der Waals surface area contributed by atoms with Crippen LogP contribution in [0.25, 0.3) is 0 Å². The molecule has 1 heterocycles. The zero-order valence-electron chi connectivity index (χ0n) is 12.1. The highest BCUT2D eigenvalue weighted by atomic mass is 16.5. The van der Waals surface area contributed by atoms with Crippen molar-refractivity contribution in [2.24, 2.45) is 5.92 Å². The molecule has 1 aliphatic carbocycles. The van der Waals surface area contributed by atoms with Gasteiger partial charge in [0, 0.05) is 18.5 Å². The van der Waals surface area contributed by atoms with E-state index in [-0.39, 0.29) is 12.0 Å². The first-order valence-corrected chi connectivity index (χ1v) is 7.34. The summed E-state index contributed by atoms with van der Waals surface area (Å²) in [5, 5.41) is 9.09. The number of ether oxygens (including phenoxy) is 1. The number of carboxylic acids is 1. The van der Waals surface area contributed by atoms with Gasteiger partial charge in [0.1, 0.15) is 6.10 Å². The van der Waals surface area contributed by atoms with Crippen LogP contribution < -0.4 is 0 Å². The van der Waals surface area contributed by atoms with E-state index in [1.807, 2.05) is 6.92 Å². The first-order valence-electron chi connectivity index (χ1n) is 7.34. The highest BCUT2D eigenvalue weighted by molar-refractivity contribution is 5.70. The monoisotopic (exact) mass is 278 g/mol. The molecular formula is C15H22N2O3. The number of aliphatic carboxylic acids is 1. The molecule has 110 valence electrons. The molecule has 0 spiro atoms. The van der Waals surface area contributed by atoms with Crippen molar-refractivity contribution in [2.45, 2.75) is 52.1 Å². The van der Waals surface area contributed by atoms with Gasteiger partial charge >= 0.3 is 5.97 Å². The molecule has 5 nitrogen and oxygen atoms in total. The third-order valence-corrected chi connectivity index (χ3v) is 3.72. The van der Waals surface area contributed by atoms with E-state index in [1.165, 1.54) is 0 Å². The fourth-order valence-electron chi connectivity index (χ4n) is 2.64. The molecule has 20 heavy (non-hydrogen) atoms. The van der Waals surface area contributed by atoms with Gasteiger partial charge in [-0.3, -0.25) is 4.79 Å². The highest BCUT2D eigenvalue weighted by Crippen LogP contribution is 2.26. The smallest absolute Gasteiger partial charge is 0.306 e. The molecule has 2 atom stereocenters. The molecule has 0 amide bonds. The Morgan fingerprint density at radius 2 is 2.35 bits per heavy atom. The van der Waals surface area contributed by atoms with Crippen LogP contribution in [0.5, 0.6) is 0 Å². The second-order valence-electron chi connectivity index (χ2n) is 5.21. The average molecular weight is 278 g/mol. The van der Waals surface area contributed by atoms with E-state index in [2.05, 4.69) is 16.9 Å². The normalized spacial score (nSPS) is 19.4. The van der Waals surface area contributed by atoms with Gasteiger partial charge in [-0.05, 0) is 38.2 Å². The molecule has 2 rings (SSSR count). The van der Waals surface area contributed by atoms with Crippen LogP contribution in [0.1, 0.15) is 56.3 Å². The number of aryl methyl sites for hydroxylation is 1. The summed E-state index contributed by atoms with van der Waals surface area (Å²) in [7, 11) is 0. The lowest BCUT2D eigenvalue weighted by molar-refractivity contribution is -0.142. The molecular weight excluding hydrogens is 256 g/mol. The molecule has 1 aromatic heterocycles. The van der Waals surface area contributed by atoms with Crippen molar-refractivity contribution in [1.82, 2.24) is 9.97 Å². The number of fused-ring (bicyclic) bond motifs is 1. The highest BCUT2D eigenvalue weighted by Gasteiger charge is 2.26. The second kappa shape index (κ2) is 6.79. The van der Waals surface area contributed by atoms with Crippen LogP contribution in [-0.4, -0.2) is 27.7 Å². The summed E-state index contributed by atoms with van der Waals surface area (Å²) in [6, 6.07) is 0. The van der Waals surface area contributed by atoms with Crippen molar-refractivity contribution < 1.29 is 14.6 Å². The van der Waals surface area contributed by atoms with Crippen LogP contribution >= 0.6 is 0 Å². The Balaban J connectivity index is 2.17. The molecule has 0 bridgehead atoms. The van der Waals surface area contributed by atoms with Crippen LogP contribution in [-0.2, 0) is 22.4 Å². The minimum absolute atomic E-state index is 0.0486. The van der Waals surface area contributed by atoms with Crippen molar-refractivity contribution in [3.63, 3.8) is 0 Å². The van der Waals surface area contributed by atoms with E-state index >= 15 is 0 Å². The molecule has 0 aliphatic heterocycles. The fourth-order valence-corrected chi connectivity index (χ4v) is 2.64. The lowest BCUT2D eigenvalue weighted by Crippen LogP contribution is -2.24. The summed E-state index contributed by atoms with van der Waals surface area (Å²) in [5.74, 6) is -0.283. The summed E-state index contributed by atoms with van der Waals surface area (Å²) in [6.07, 6.45) is 5.58. The molecule has 0 saturated carbocycles. The molecule has 1 aliphatic rings. The fraction of sp³-hybridized carbons (Fsp3) is 0.667. The Hall–Kier alpha value is -1.49. The van der Waals surface area contributed by atoms with Crippen LogP contribution in [0, 0.1) is 5.92 Å². The maximum Gasteiger partial charge on any atom is 0.306 e. The van der Waals surface area contributed by atoms with E-state index in [1.54, 1.807) is 6.20 Å². The van der Waals surface area contributed by atoms with Gasteiger partial charge in [-0.25, -0.2) is 9.97 Å². The number of carboxylic acid groups (broad SMARTS) is 1. The Labute approximate surface area is 119 Å². The summed E-state index contributed by atoms with van der Waals surface area (Å²) in [4.78, 5) is 20.1. The van der Waals surface area contributed by atoms with Gasteiger partial charge in [-0.1, -0.05) is 13.3 Å². The number of carbonyl (C=O) groups is 1. The van der Waals surface area contributed by atoms with E-state index in [0.717, 1.165) is 29.9 Å². The maximum atomic E-state index is 11.0. The molecule has 1 N–H and O–H groups in total. The largest absolute Gasteiger partial charge is 0.481 e. The van der Waals surface area contributed by atoms with Crippen LogP contribution in [0.4, 0.5) is 0 Å². The SMILES string of the molecule is CCCC(OCC)c1ncc2c(n1)CCC(C(=O)O)C2. The Bertz CT molecular complexity index is 470. The molecule has 0 saturated heterocycles. The van der Waals surface area contributed by atoms with Crippen LogP contribution in [0.3, 0.4) is 0 Å².